The van der Waals surface area contributed by atoms with E-state index < -0.39 is 0 Å². The largest absolute Gasteiger partial charge is 0.409 e. The van der Waals surface area contributed by atoms with Gasteiger partial charge < -0.3 is 10.9 Å². The molecule has 0 aromatic rings. The third kappa shape index (κ3) is 3.38. The predicted octanol–water partition coefficient (Wildman–Crippen LogP) is 0.950. The number of oxime groups is 1. The van der Waals surface area contributed by atoms with Crippen molar-refractivity contribution in [2.24, 2.45) is 10.9 Å². The Hall–Kier alpha value is -0.420. The fraction of sp³-hybridized carbons (Fsp3) is 0.889. The second kappa shape index (κ2) is 6.14. The van der Waals surface area contributed by atoms with Crippen molar-refractivity contribution in [3.8, 4) is 0 Å². The summed E-state index contributed by atoms with van der Waals surface area (Å²) in [6.45, 7) is 4.40. The first-order valence-electron chi connectivity index (χ1n) is 5.06. The molecule has 1 atom stereocenters. The molecule has 3 N–H and O–H groups in total. The highest BCUT2D eigenvalue weighted by molar-refractivity contribution is 7.99. The van der Waals surface area contributed by atoms with Gasteiger partial charge in [-0.3, -0.25) is 4.90 Å². The lowest BCUT2D eigenvalue weighted by Gasteiger charge is -2.33. The Morgan fingerprint density at radius 1 is 1.57 bits per heavy atom. The van der Waals surface area contributed by atoms with Gasteiger partial charge in [-0.1, -0.05) is 12.1 Å². The van der Waals surface area contributed by atoms with Gasteiger partial charge in [-0.05, 0) is 6.42 Å². The average Bonchev–Trinajstić information content (AvgIpc) is 2.26. The van der Waals surface area contributed by atoms with Gasteiger partial charge >= 0.3 is 0 Å². The van der Waals surface area contributed by atoms with Crippen LogP contribution in [0.25, 0.3) is 0 Å². The quantitative estimate of drug-likeness (QED) is 0.318. The molecule has 5 heteroatoms. The van der Waals surface area contributed by atoms with Gasteiger partial charge in [0.05, 0.1) is 0 Å². The van der Waals surface area contributed by atoms with Crippen LogP contribution < -0.4 is 5.73 Å². The van der Waals surface area contributed by atoms with Gasteiger partial charge in [-0.2, -0.15) is 11.8 Å². The number of nitrogens with two attached hydrogens (primary N) is 1. The highest BCUT2D eigenvalue weighted by Gasteiger charge is 2.20. The van der Waals surface area contributed by atoms with Crippen molar-refractivity contribution >= 4 is 17.6 Å². The first-order chi connectivity index (χ1) is 6.77. The summed E-state index contributed by atoms with van der Waals surface area (Å²) in [7, 11) is 0. The molecule has 1 heterocycles. The second-order valence-corrected chi connectivity index (χ2v) is 4.73. The normalized spacial score (nSPS) is 22.2. The Bertz CT molecular complexity index is 192. The monoisotopic (exact) mass is 217 g/mol. The van der Waals surface area contributed by atoms with E-state index in [4.69, 9.17) is 10.9 Å². The molecule has 82 valence electrons. The van der Waals surface area contributed by atoms with Crippen molar-refractivity contribution in [2.75, 3.05) is 24.6 Å². The summed E-state index contributed by atoms with van der Waals surface area (Å²) < 4.78 is 0. The summed E-state index contributed by atoms with van der Waals surface area (Å²) in [4.78, 5) is 2.44. The zero-order valence-electron chi connectivity index (χ0n) is 8.65. The molecule has 1 rings (SSSR count). The fourth-order valence-corrected chi connectivity index (χ4v) is 2.69. The zero-order chi connectivity index (χ0) is 10.4. The molecule has 0 saturated carbocycles. The molecule has 4 nitrogen and oxygen atoms in total. The van der Waals surface area contributed by atoms with Gasteiger partial charge in [-0.25, -0.2) is 0 Å². The molecular weight excluding hydrogens is 198 g/mol. The number of nitrogens with zero attached hydrogens (tertiary/aromatic N) is 2. The van der Waals surface area contributed by atoms with E-state index in [2.05, 4.69) is 17.0 Å². The Balaban J connectivity index is 2.43. The minimum atomic E-state index is 0.343. The molecule has 0 bridgehead atoms. The third-order valence-corrected chi connectivity index (χ3v) is 3.55. The van der Waals surface area contributed by atoms with Crippen LogP contribution in [0.5, 0.6) is 0 Å². The molecule has 0 aliphatic carbocycles. The number of hydrogen-bond donors (Lipinski definition) is 2. The fourth-order valence-electron chi connectivity index (χ4n) is 1.76. The van der Waals surface area contributed by atoms with Crippen molar-refractivity contribution in [1.29, 1.82) is 0 Å². The van der Waals surface area contributed by atoms with E-state index in [9.17, 15) is 0 Å². The highest BCUT2D eigenvalue weighted by atomic mass is 32.2. The minimum Gasteiger partial charge on any atom is -0.409 e. The van der Waals surface area contributed by atoms with Crippen molar-refractivity contribution in [3.05, 3.63) is 0 Å². The van der Waals surface area contributed by atoms with Crippen LogP contribution in [0.1, 0.15) is 19.8 Å². The van der Waals surface area contributed by atoms with E-state index in [1.54, 1.807) is 0 Å². The van der Waals surface area contributed by atoms with Crippen molar-refractivity contribution in [1.82, 2.24) is 4.90 Å². The molecule has 1 unspecified atom stereocenters. The number of amidine groups is 1. The molecule has 1 saturated heterocycles. The second-order valence-electron chi connectivity index (χ2n) is 3.51. The Labute approximate surface area is 89.5 Å². The van der Waals surface area contributed by atoms with E-state index in [-0.39, 0.29) is 0 Å². The Kier molecular flexibility index (Phi) is 5.11. The molecule has 0 radical (unpaired) electrons. The van der Waals surface area contributed by atoms with Gasteiger partial charge in [0.25, 0.3) is 0 Å². The molecule has 0 spiro atoms. The predicted molar refractivity (Wildman–Crippen MR) is 61.0 cm³/mol. The smallest absolute Gasteiger partial charge is 0.140 e. The SMILES string of the molecule is CCC(C/C(N)=N/O)N1CCSCC1. The molecule has 1 fully saturated rings. The van der Waals surface area contributed by atoms with Crippen LogP contribution in [-0.2, 0) is 0 Å². The van der Waals surface area contributed by atoms with Crippen molar-refractivity contribution in [2.45, 2.75) is 25.8 Å². The third-order valence-electron chi connectivity index (χ3n) is 2.61. The topological polar surface area (TPSA) is 61.9 Å². The molecule has 1 aliphatic rings. The van der Waals surface area contributed by atoms with Gasteiger partial charge in [-0.15, -0.1) is 0 Å². The standard InChI is InChI=1S/C9H19N3OS/c1-2-8(7-9(10)11-13)12-3-5-14-6-4-12/h8,13H,2-7H2,1H3,(H2,10,11). The van der Waals surface area contributed by atoms with Crippen LogP contribution in [0.2, 0.25) is 0 Å². The number of hydrogen-bond acceptors (Lipinski definition) is 4. The maximum absolute atomic E-state index is 8.52. The lowest BCUT2D eigenvalue weighted by atomic mass is 10.1. The van der Waals surface area contributed by atoms with Crippen LogP contribution in [0.4, 0.5) is 0 Å². The molecule has 14 heavy (non-hydrogen) atoms. The summed E-state index contributed by atoms with van der Waals surface area (Å²) in [5, 5.41) is 11.6. The Morgan fingerprint density at radius 3 is 2.71 bits per heavy atom. The lowest BCUT2D eigenvalue weighted by Crippen LogP contribution is -2.42. The molecule has 0 amide bonds. The van der Waals surface area contributed by atoms with Crippen LogP contribution in [0.15, 0.2) is 5.16 Å². The Morgan fingerprint density at radius 2 is 2.21 bits per heavy atom. The molecule has 0 aromatic carbocycles. The molecule has 1 aliphatic heterocycles. The first kappa shape index (κ1) is 11.7. The first-order valence-corrected chi connectivity index (χ1v) is 6.21. The van der Waals surface area contributed by atoms with Gasteiger partial charge in [0.1, 0.15) is 5.84 Å². The zero-order valence-corrected chi connectivity index (χ0v) is 9.46. The van der Waals surface area contributed by atoms with Crippen LogP contribution in [0, 0.1) is 0 Å². The van der Waals surface area contributed by atoms with Crippen LogP contribution in [0.3, 0.4) is 0 Å². The van der Waals surface area contributed by atoms with Gasteiger partial charge in [0, 0.05) is 37.1 Å². The summed E-state index contributed by atoms with van der Waals surface area (Å²) in [5.41, 5.74) is 5.52. The summed E-state index contributed by atoms with van der Waals surface area (Å²) in [5.74, 6) is 2.74. The van der Waals surface area contributed by atoms with E-state index in [0.717, 1.165) is 19.5 Å². The van der Waals surface area contributed by atoms with Gasteiger partial charge in [0.2, 0.25) is 0 Å². The van der Waals surface area contributed by atoms with Gasteiger partial charge in [0.15, 0.2) is 0 Å². The van der Waals surface area contributed by atoms with E-state index in [0.29, 0.717) is 18.3 Å². The van der Waals surface area contributed by atoms with E-state index in [1.807, 2.05) is 11.8 Å². The summed E-state index contributed by atoms with van der Waals surface area (Å²) >= 11 is 2.00. The summed E-state index contributed by atoms with van der Waals surface area (Å²) in [6, 6.07) is 0.437. The number of thioether (sulfide) groups is 1. The van der Waals surface area contributed by atoms with E-state index in [1.165, 1.54) is 11.5 Å². The average molecular weight is 217 g/mol. The maximum Gasteiger partial charge on any atom is 0.140 e. The highest BCUT2D eigenvalue weighted by Crippen LogP contribution is 2.16. The molecular formula is C9H19N3OS. The van der Waals surface area contributed by atoms with Crippen LogP contribution in [-0.4, -0.2) is 46.6 Å². The maximum atomic E-state index is 8.52. The van der Waals surface area contributed by atoms with Crippen molar-refractivity contribution in [3.63, 3.8) is 0 Å². The lowest BCUT2D eigenvalue weighted by molar-refractivity contribution is 0.213. The summed E-state index contributed by atoms with van der Waals surface area (Å²) in [6.07, 6.45) is 1.73. The van der Waals surface area contributed by atoms with Crippen molar-refractivity contribution < 1.29 is 5.21 Å². The number of rotatable bonds is 4. The van der Waals surface area contributed by atoms with E-state index >= 15 is 0 Å². The molecule has 0 aromatic heterocycles. The van der Waals surface area contributed by atoms with Crippen LogP contribution >= 0.6 is 11.8 Å². The minimum absolute atomic E-state index is 0.343.